The first-order valence-corrected chi connectivity index (χ1v) is 6.51. The number of thiazole rings is 1. The Hall–Kier alpha value is -0.860. The van der Waals surface area contributed by atoms with Gasteiger partial charge in [0.05, 0.1) is 5.92 Å². The van der Waals surface area contributed by atoms with Crippen LogP contribution in [-0.4, -0.2) is 29.1 Å². The van der Waals surface area contributed by atoms with Crippen LogP contribution in [0.2, 0.25) is 0 Å². The number of aromatic nitrogens is 1. The van der Waals surface area contributed by atoms with Crippen molar-refractivity contribution in [3.05, 3.63) is 11.1 Å². The van der Waals surface area contributed by atoms with Gasteiger partial charge in [0, 0.05) is 24.2 Å². The van der Waals surface area contributed by atoms with Gasteiger partial charge in [-0.25, -0.2) is 10.8 Å². The summed E-state index contributed by atoms with van der Waals surface area (Å²) in [5.74, 6) is 4.01. The lowest BCUT2D eigenvalue weighted by atomic mass is 9.97. The van der Waals surface area contributed by atoms with Crippen LogP contribution in [0.5, 0.6) is 0 Å². The number of nitrogen functional groups attached to an aromatic ring is 1. The number of hydrogen-bond donors (Lipinski definition) is 2. The van der Waals surface area contributed by atoms with Crippen LogP contribution in [0.3, 0.4) is 0 Å². The van der Waals surface area contributed by atoms with Crippen molar-refractivity contribution in [2.75, 3.05) is 18.5 Å². The molecule has 3 N–H and O–H groups in total. The van der Waals surface area contributed by atoms with Gasteiger partial charge in [-0.05, 0) is 19.4 Å². The maximum Gasteiger partial charge on any atom is 0.393 e. The molecule has 0 amide bonds. The van der Waals surface area contributed by atoms with Crippen LogP contribution < -0.4 is 11.3 Å². The Balaban J connectivity index is 1.93. The van der Waals surface area contributed by atoms with Gasteiger partial charge in [-0.15, -0.1) is 0 Å². The van der Waals surface area contributed by atoms with Crippen molar-refractivity contribution in [1.29, 1.82) is 0 Å². The molecule has 0 bridgehead atoms. The molecule has 4 nitrogen and oxygen atoms in total. The smallest absolute Gasteiger partial charge is 0.300 e. The highest BCUT2D eigenvalue weighted by Gasteiger charge is 2.41. The van der Waals surface area contributed by atoms with E-state index in [0.29, 0.717) is 24.6 Å². The number of anilines is 1. The van der Waals surface area contributed by atoms with E-state index in [1.54, 1.807) is 6.20 Å². The van der Waals surface area contributed by atoms with Crippen LogP contribution >= 0.6 is 11.3 Å². The second-order valence-electron chi connectivity index (χ2n) is 4.39. The largest absolute Gasteiger partial charge is 0.393 e. The van der Waals surface area contributed by atoms with Gasteiger partial charge in [0.15, 0.2) is 5.13 Å². The van der Waals surface area contributed by atoms with E-state index < -0.39 is 12.1 Å². The molecule has 1 saturated heterocycles. The number of hydrazine groups is 1. The molecule has 1 aromatic heterocycles. The molecule has 2 rings (SSSR count). The Morgan fingerprint density at radius 3 is 2.94 bits per heavy atom. The monoisotopic (exact) mass is 280 g/mol. The summed E-state index contributed by atoms with van der Waals surface area (Å²) in [7, 11) is 0. The van der Waals surface area contributed by atoms with E-state index in [9.17, 15) is 13.2 Å². The van der Waals surface area contributed by atoms with E-state index in [1.165, 1.54) is 11.3 Å². The van der Waals surface area contributed by atoms with Crippen molar-refractivity contribution in [2.24, 2.45) is 11.8 Å². The zero-order valence-corrected chi connectivity index (χ0v) is 10.5. The van der Waals surface area contributed by atoms with E-state index in [2.05, 4.69) is 10.4 Å². The molecule has 1 aromatic rings. The standard InChI is InChI=1S/C10H15F3N4S/c11-10(12,13)7-2-1-3-17(5-7)6-8-4-15-9(16-14)18-8/h4,7H,1-3,5-6,14H2,(H,15,16). The third kappa shape index (κ3) is 3.33. The van der Waals surface area contributed by atoms with E-state index in [-0.39, 0.29) is 13.0 Å². The van der Waals surface area contributed by atoms with Gasteiger partial charge in [-0.3, -0.25) is 10.3 Å². The molecule has 2 heterocycles. The molecule has 1 aliphatic heterocycles. The van der Waals surface area contributed by atoms with Gasteiger partial charge in [0.2, 0.25) is 0 Å². The third-order valence-electron chi connectivity index (χ3n) is 3.02. The van der Waals surface area contributed by atoms with Gasteiger partial charge in [0.25, 0.3) is 0 Å². The molecule has 102 valence electrons. The summed E-state index contributed by atoms with van der Waals surface area (Å²) in [6.07, 6.45) is -1.61. The van der Waals surface area contributed by atoms with Crippen molar-refractivity contribution < 1.29 is 13.2 Å². The number of nitrogens with one attached hydrogen (secondary N) is 1. The van der Waals surface area contributed by atoms with Gasteiger partial charge in [0.1, 0.15) is 0 Å². The van der Waals surface area contributed by atoms with Gasteiger partial charge in [-0.2, -0.15) is 13.2 Å². The number of piperidine rings is 1. The molecule has 0 aliphatic carbocycles. The second kappa shape index (κ2) is 5.41. The minimum absolute atomic E-state index is 0.0762. The fourth-order valence-corrected chi connectivity index (χ4v) is 2.90. The Morgan fingerprint density at radius 2 is 2.33 bits per heavy atom. The highest BCUT2D eigenvalue weighted by molar-refractivity contribution is 7.15. The Morgan fingerprint density at radius 1 is 1.56 bits per heavy atom. The van der Waals surface area contributed by atoms with Crippen molar-refractivity contribution in [1.82, 2.24) is 9.88 Å². The first-order valence-electron chi connectivity index (χ1n) is 5.69. The fourth-order valence-electron chi connectivity index (χ4n) is 2.13. The van der Waals surface area contributed by atoms with Crippen LogP contribution in [0, 0.1) is 5.92 Å². The normalized spacial score (nSPS) is 22.1. The van der Waals surface area contributed by atoms with Crippen LogP contribution in [-0.2, 0) is 6.54 Å². The molecule has 1 fully saturated rings. The van der Waals surface area contributed by atoms with Gasteiger partial charge < -0.3 is 0 Å². The molecule has 0 saturated carbocycles. The van der Waals surface area contributed by atoms with Crippen LogP contribution in [0.25, 0.3) is 0 Å². The zero-order chi connectivity index (χ0) is 13.2. The van der Waals surface area contributed by atoms with E-state index in [4.69, 9.17) is 5.84 Å². The Labute approximate surface area is 107 Å². The summed E-state index contributed by atoms with van der Waals surface area (Å²) in [5.41, 5.74) is 2.43. The van der Waals surface area contributed by atoms with Crippen LogP contribution in [0.1, 0.15) is 17.7 Å². The lowest BCUT2D eigenvalue weighted by Crippen LogP contribution is -2.41. The van der Waals surface area contributed by atoms with Crippen molar-refractivity contribution in [3.63, 3.8) is 0 Å². The molecule has 0 aromatic carbocycles. The molecule has 1 atom stereocenters. The summed E-state index contributed by atoms with van der Waals surface area (Å²) >= 11 is 1.37. The Bertz CT molecular complexity index is 393. The highest BCUT2D eigenvalue weighted by atomic mass is 32.1. The lowest BCUT2D eigenvalue weighted by molar-refractivity contribution is -0.187. The maximum absolute atomic E-state index is 12.6. The molecule has 0 radical (unpaired) electrons. The summed E-state index contributed by atoms with van der Waals surface area (Å²) in [5, 5.41) is 0.578. The average molecular weight is 280 g/mol. The predicted octanol–water partition coefficient (Wildman–Crippen LogP) is 2.20. The van der Waals surface area contributed by atoms with E-state index in [0.717, 1.165) is 4.88 Å². The van der Waals surface area contributed by atoms with Crippen molar-refractivity contribution in [2.45, 2.75) is 25.6 Å². The number of nitrogens with zero attached hydrogens (tertiary/aromatic N) is 2. The third-order valence-corrected chi connectivity index (χ3v) is 3.94. The zero-order valence-electron chi connectivity index (χ0n) is 9.70. The topological polar surface area (TPSA) is 54.2 Å². The van der Waals surface area contributed by atoms with Crippen molar-refractivity contribution >= 4 is 16.5 Å². The summed E-state index contributed by atoms with van der Waals surface area (Å²) in [4.78, 5) is 6.75. The molecule has 0 spiro atoms. The van der Waals surface area contributed by atoms with E-state index in [1.807, 2.05) is 4.90 Å². The first kappa shape index (κ1) is 13.6. The number of alkyl halides is 3. The maximum atomic E-state index is 12.6. The van der Waals surface area contributed by atoms with Gasteiger partial charge in [-0.1, -0.05) is 11.3 Å². The lowest BCUT2D eigenvalue weighted by Gasteiger charge is -2.33. The number of halogens is 3. The van der Waals surface area contributed by atoms with Crippen LogP contribution in [0.4, 0.5) is 18.3 Å². The molecular weight excluding hydrogens is 265 g/mol. The molecule has 1 aliphatic rings. The first-order chi connectivity index (χ1) is 8.49. The summed E-state index contributed by atoms with van der Waals surface area (Å²) in [6, 6.07) is 0. The number of rotatable bonds is 3. The molecule has 8 heteroatoms. The molecule has 18 heavy (non-hydrogen) atoms. The predicted molar refractivity (Wildman–Crippen MR) is 64.0 cm³/mol. The van der Waals surface area contributed by atoms with E-state index >= 15 is 0 Å². The van der Waals surface area contributed by atoms with Gasteiger partial charge >= 0.3 is 6.18 Å². The minimum Gasteiger partial charge on any atom is -0.300 e. The van der Waals surface area contributed by atoms with Crippen molar-refractivity contribution in [3.8, 4) is 0 Å². The quantitative estimate of drug-likeness (QED) is 0.658. The molecule has 1 unspecified atom stereocenters. The summed E-state index contributed by atoms with van der Waals surface area (Å²) < 4.78 is 37.9. The second-order valence-corrected chi connectivity index (χ2v) is 5.51. The minimum atomic E-state index is -4.09. The van der Waals surface area contributed by atoms with Crippen LogP contribution in [0.15, 0.2) is 6.20 Å². The Kier molecular flexibility index (Phi) is 4.08. The number of hydrogen-bond acceptors (Lipinski definition) is 5. The fraction of sp³-hybridized carbons (Fsp3) is 0.700. The molecular formula is C10H15F3N4S. The summed E-state index contributed by atoms with van der Waals surface area (Å²) in [6.45, 7) is 1.29. The SMILES string of the molecule is NNc1ncc(CN2CCCC(C(F)(F)F)C2)s1. The number of likely N-dealkylation sites (tertiary alicyclic amines) is 1. The number of nitrogens with two attached hydrogens (primary N) is 1. The average Bonchev–Trinajstić information content (AvgIpc) is 2.76. The highest BCUT2D eigenvalue weighted by Crippen LogP contribution is 2.33.